The molecule has 0 unspecified atom stereocenters. The van der Waals surface area contributed by atoms with E-state index in [2.05, 4.69) is 25.9 Å². The Morgan fingerprint density at radius 2 is 2.06 bits per heavy atom. The highest BCUT2D eigenvalue weighted by Gasteiger charge is 2.34. The normalized spacial score (nSPS) is 17.0. The van der Waals surface area contributed by atoms with Gasteiger partial charge < -0.3 is 14.7 Å². The molecular weight excluding hydrogens is 488 g/mol. The summed E-state index contributed by atoms with van der Waals surface area (Å²) in [6.07, 6.45) is 4.89. The molecule has 0 bridgehead atoms. The minimum atomic E-state index is -2.52. The lowest BCUT2D eigenvalue weighted by Gasteiger charge is -2.28. The zero-order valence-corrected chi connectivity index (χ0v) is 18.9. The molecule has 0 aliphatic heterocycles. The number of anilines is 1. The Morgan fingerprint density at radius 1 is 1.26 bits per heavy atom. The first-order valence-electron chi connectivity index (χ1n) is 10.1. The summed E-state index contributed by atoms with van der Waals surface area (Å²) in [5.41, 5.74) is 8.04. The van der Waals surface area contributed by atoms with Crippen LogP contribution in [0.15, 0.2) is 49.7 Å². The fourth-order valence-electron chi connectivity index (χ4n) is 4.05. The summed E-state index contributed by atoms with van der Waals surface area (Å²) in [4.78, 5) is 14.1. The number of fused-ring (bicyclic) bond motifs is 2. The van der Waals surface area contributed by atoms with E-state index in [4.69, 9.17) is 15.1 Å². The third-order valence-corrected chi connectivity index (χ3v) is 7.80. The van der Waals surface area contributed by atoms with Gasteiger partial charge in [0.05, 0.1) is 6.26 Å². The predicted octanol–water partition coefficient (Wildman–Crippen LogP) is 6.28. The summed E-state index contributed by atoms with van der Waals surface area (Å²) in [7, 11) is 0. The van der Waals surface area contributed by atoms with Crippen molar-refractivity contribution in [1.29, 1.82) is 0 Å². The van der Waals surface area contributed by atoms with Crippen molar-refractivity contribution in [1.82, 2.24) is 19.5 Å². The van der Waals surface area contributed by atoms with E-state index in [-0.39, 0.29) is 18.8 Å². The van der Waals surface area contributed by atoms with Crippen LogP contribution in [0.25, 0.3) is 22.1 Å². The van der Waals surface area contributed by atoms with Gasteiger partial charge in [-0.3, -0.25) is 0 Å². The van der Waals surface area contributed by atoms with Crippen molar-refractivity contribution < 1.29 is 13.2 Å². The maximum Gasteiger partial charge on any atom is 0.248 e. The maximum absolute atomic E-state index is 13.5. The Morgan fingerprint density at radius 3 is 2.87 bits per heavy atom. The average molecular weight is 508 g/mol. The number of alkyl halides is 2. The van der Waals surface area contributed by atoms with E-state index in [0.717, 1.165) is 31.9 Å². The SMILES string of the molecule is Nc1ncnc2c1nc(Sc1cc3occc3cc1Br)n2CCC1CCC(F)(F)CC1. The van der Waals surface area contributed by atoms with Gasteiger partial charge in [0.15, 0.2) is 22.1 Å². The molecule has 6 nitrogen and oxygen atoms in total. The Balaban J connectivity index is 1.45. The summed E-state index contributed by atoms with van der Waals surface area (Å²) in [5, 5.41) is 1.74. The molecule has 0 saturated heterocycles. The van der Waals surface area contributed by atoms with Gasteiger partial charge in [0.25, 0.3) is 0 Å². The van der Waals surface area contributed by atoms with Crippen LogP contribution < -0.4 is 5.73 Å². The number of furan rings is 1. The second-order valence-electron chi connectivity index (χ2n) is 7.91. The van der Waals surface area contributed by atoms with Gasteiger partial charge in [-0.25, -0.2) is 23.7 Å². The van der Waals surface area contributed by atoms with Crippen LogP contribution in [0.2, 0.25) is 0 Å². The van der Waals surface area contributed by atoms with Gasteiger partial charge in [-0.2, -0.15) is 0 Å². The van der Waals surface area contributed by atoms with E-state index in [9.17, 15) is 8.78 Å². The van der Waals surface area contributed by atoms with Crippen molar-refractivity contribution in [2.45, 2.75) is 54.6 Å². The summed E-state index contributed by atoms with van der Waals surface area (Å²) in [6, 6.07) is 5.88. The molecule has 1 aliphatic rings. The molecule has 3 aromatic heterocycles. The highest BCUT2D eigenvalue weighted by Crippen LogP contribution is 2.40. The molecule has 1 fully saturated rings. The van der Waals surface area contributed by atoms with Crippen LogP contribution in [0.1, 0.15) is 32.1 Å². The van der Waals surface area contributed by atoms with Gasteiger partial charge in [-0.15, -0.1) is 0 Å². The molecular formula is C21H20BrF2N5OS. The molecule has 0 spiro atoms. The van der Waals surface area contributed by atoms with Gasteiger partial charge in [-0.1, -0.05) is 11.8 Å². The number of aromatic nitrogens is 4. The first kappa shape index (κ1) is 20.7. The van der Waals surface area contributed by atoms with Crippen LogP contribution in [0.4, 0.5) is 14.6 Å². The van der Waals surface area contributed by atoms with Crippen molar-refractivity contribution >= 4 is 55.6 Å². The van der Waals surface area contributed by atoms with Crippen LogP contribution in [-0.2, 0) is 6.54 Å². The molecule has 10 heteroatoms. The van der Waals surface area contributed by atoms with Crippen molar-refractivity contribution in [2.24, 2.45) is 5.92 Å². The van der Waals surface area contributed by atoms with Crippen LogP contribution in [-0.4, -0.2) is 25.4 Å². The Hall–Kier alpha value is -2.20. The molecule has 2 N–H and O–H groups in total. The first-order valence-corrected chi connectivity index (χ1v) is 11.7. The Kier molecular flexibility index (Phi) is 5.37. The number of nitrogens with two attached hydrogens (primary N) is 1. The van der Waals surface area contributed by atoms with E-state index >= 15 is 0 Å². The topological polar surface area (TPSA) is 82.8 Å². The van der Waals surface area contributed by atoms with Crippen LogP contribution in [0.5, 0.6) is 0 Å². The molecule has 4 aromatic rings. The predicted molar refractivity (Wildman–Crippen MR) is 119 cm³/mol. The summed E-state index contributed by atoms with van der Waals surface area (Å²) < 4.78 is 35.5. The van der Waals surface area contributed by atoms with E-state index in [1.807, 2.05) is 22.8 Å². The van der Waals surface area contributed by atoms with Gasteiger partial charge >= 0.3 is 0 Å². The fraction of sp³-hybridized carbons (Fsp3) is 0.381. The minimum Gasteiger partial charge on any atom is -0.464 e. The standard InChI is InChI=1S/C21H20BrF2N5OS/c22-14-9-13-4-8-30-15(13)10-16(14)31-20-28-17-18(25)26-11-27-19(17)29(20)7-3-12-1-5-21(23,24)6-2-12/h4,8-12H,1-3,5-7H2,(H2,25,26,27). The maximum atomic E-state index is 13.5. The molecule has 3 heterocycles. The third-order valence-electron chi connectivity index (χ3n) is 5.83. The molecule has 31 heavy (non-hydrogen) atoms. The molecule has 0 radical (unpaired) electrons. The highest BCUT2D eigenvalue weighted by atomic mass is 79.9. The molecule has 0 amide bonds. The zero-order chi connectivity index (χ0) is 21.6. The second kappa shape index (κ2) is 8.05. The van der Waals surface area contributed by atoms with E-state index in [1.165, 1.54) is 18.1 Å². The summed E-state index contributed by atoms with van der Waals surface area (Å²) >= 11 is 5.11. The van der Waals surface area contributed by atoms with E-state index in [0.29, 0.717) is 36.4 Å². The van der Waals surface area contributed by atoms with Crippen molar-refractivity contribution in [3.63, 3.8) is 0 Å². The number of hydrogen-bond donors (Lipinski definition) is 1. The number of rotatable bonds is 5. The smallest absolute Gasteiger partial charge is 0.248 e. The van der Waals surface area contributed by atoms with Crippen molar-refractivity contribution in [2.75, 3.05) is 5.73 Å². The molecule has 5 rings (SSSR count). The molecule has 0 atom stereocenters. The fourth-order valence-corrected chi connectivity index (χ4v) is 5.60. The lowest BCUT2D eigenvalue weighted by Crippen LogP contribution is -2.25. The summed E-state index contributed by atoms with van der Waals surface area (Å²) in [5.74, 6) is -1.93. The van der Waals surface area contributed by atoms with E-state index in [1.54, 1.807) is 6.26 Å². The minimum absolute atomic E-state index is 0.0326. The zero-order valence-electron chi connectivity index (χ0n) is 16.5. The number of aryl methyl sites for hydroxylation is 1. The number of hydrogen-bond acceptors (Lipinski definition) is 6. The largest absolute Gasteiger partial charge is 0.464 e. The van der Waals surface area contributed by atoms with Crippen LogP contribution in [0.3, 0.4) is 0 Å². The molecule has 162 valence electrons. The van der Waals surface area contributed by atoms with Crippen molar-refractivity contribution in [3.05, 3.63) is 35.3 Å². The first-order chi connectivity index (χ1) is 14.9. The second-order valence-corrected chi connectivity index (χ2v) is 9.77. The van der Waals surface area contributed by atoms with Gasteiger partial charge in [-0.05, 0) is 59.3 Å². The lowest BCUT2D eigenvalue weighted by molar-refractivity contribution is -0.0468. The number of halogens is 3. The lowest BCUT2D eigenvalue weighted by atomic mass is 9.85. The van der Waals surface area contributed by atoms with E-state index < -0.39 is 5.92 Å². The molecule has 1 aromatic carbocycles. The summed E-state index contributed by atoms with van der Waals surface area (Å²) in [6.45, 7) is 0.631. The molecule has 1 saturated carbocycles. The van der Waals surface area contributed by atoms with Crippen LogP contribution in [0, 0.1) is 5.92 Å². The number of benzene rings is 1. The number of nitrogens with zero attached hydrogens (tertiary/aromatic N) is 4. The Bertz CT molecular complexity index is 1250. The Labute approximate surface area is 189 Å². The molecule has 1 aliphatic carbocycles. The van der Waals surface area contributed by atoms with Gasteiger partial charge in [0.1, 0.15) is 11.9 Å². The monoisotopic (exact) mass is 507 g/mol. The van der Waals surface area contributed by atoms with Gasteiger partial charge in [0, 0.05) is 34.1 Å². The van der Waals surface area contributed by atoms with Crippen LogP contribution >= 0.6 is 27.7 Å². The van der Waals surface area contributed by atoms with Gasteiger partial charge in [0.2, 0.25) is 5.92 Å². The number of imidazole rings is 1. The average Bonchev–Trinajstić information content (AvgIpc) is 3.32. The van der Waals surface area contributed by atoms with Crippen molar-refractivity contribution in [3.8, 4) is 0 Å². The number of nitrogen functional groups attached to an aromatic ring is 1. The quantitative estimate of drug-likeness (QED) is 0.342. The highest BCUT2D eigenvalue weighted by molar-refractivity contribution is 9.10. The third kappa shape index (κ3) is 4.15.